The molecule has 0 atom stereocenters. The first-order chi connectivity index (χ1) is 14.5. The Morgan fingerprint density at radius 3 is 2.27 bits per heavy atom. The molecule has 7 heteroatoms. The zero-order valence-electron chi connectivity index (χ0n) is 17.1. The first-order valence-corrected chi connectivity index (χ1v) is 10.4. The molecule has 1 saturated heterocycles. The molecular weight excluding hydrogens is 398 g/mol. The zero-order valence-corrected chi connectivity index (χ0v) is 17.9. The third-order valence-corrected chi connectivity index (χ3v) is 5.69. The lowest BCUT2D eigenvalue weighted by atomic mass is 10.0. The molecule has 1 N–H and O–H groups in total. The number of hydrogen-bond acceptors (Lipinski definition) is 4. The van der Waals surface area contributed by atoms with Gasteiger partial charge in [-0.15, -0.1) is 10.2 Å². The van der Waals surface area contributed by atoms with Gasteiger partial charge < -0.3 is 15.1 Å². The van der Waals surface area contributed by atoms with Crippen LogP contribution in [0.15, 0.2) is 54.6 Å². The lowest BCUT2D eigenvalue weighted by Gasteiger charge is -2.35. The predicted octanol–water partition coefficient (Wildman–Crippen LogP) is 4.77. The summed E-state index contributed by atoms with van der Waals surface area (Å²) < 4.78 is 0. The highest BCUT2D eigenvalue weighted by Crippen LogP contribution is 2.22. The zero-order chi connectivity index (χ0) is 21.1. The average Bonchev–Trinajstić information content (AvgIpc) is 2.77. The summed E-state index contributed by atoms with van der Waals surface area (Å²) >= 11 is 5.89. The van der Waals surface area contributed by atoms with Gasteiger partial charge in [0.05, 0.1) is 5.69 Å². The molecule has 1 aromatic heterocycles. The number of rotatable bonds is 3. The minimum atomic E-state index is -0.104. The van der Waals surface area contributed by atoms with Crippen LogP contribution in [0.1, 0.15) is 11.1 Å². The van der Waals surface area contributed by atoms with Gasteiger partial charge in [0.15, 0.2) is 5.82 Å². The summed E-state index contributed by atoms with van der Waals surface area (Å²) in [6, 6.07) is 17.3. The van der Waals surface area contributed by atoms with Crippen LogP contribution in [0.25, 0.3) is 11.3 Å². The number of carbonyl (C=O) groups is 1. The molecule has 0 spiro atoms. The molecule has 4 rings (SSSR count). The van der Waals surface area contributed by atoms with Gasteiger partial charge in [-0.05, 0) is 67.4 Å². The number of carbonyl (C=O) groups excluding carboxylic acids is 1. The van der Waals surface area contributed by atoms with Crippen LogP contribution in [0.3, 0.4) is 0 Å². The number of nitrogens with one attached hydrogen (secondary N) is 1. The molecular formula is C23H24ClN5O. The molecule has 0 radical (unpaired) electrons. The third-order valence-electron chi connectivity index (χ3n) is 5.44. The van der Waals surface area contributed by atoms with Gasteiger partial charge in [-0.2, -0.15) is 0 Å². The topological polar surface area (TPSA) is 61.4 Å². The Labute approximate surface area is 181 Å². The smallest absolute Gasteiger partial charge is 0.321 e. The monoisotopic (exact) mass is 421 g/mol. The Hall–Kier alpha value is -3.12. The molecule has 2 heterocycles. The van der Waals surface area contributed by atoms with Crippen molar-refractivity contribution in [3.8, 4) is 11.3 Å². The Morgan fingerprint density at radius 1 is 0.900 bits per heavy atom. The van der Waals surface area contributed by atoms with Gasteiger partial charge in [-0.1, -0.05) is 23.7 Å². The summed E-state index contributed by atoms with van der Waals surface area (Å²) in [6.07, 6.45) is 0. The van der Waals surface area contributed by atoms with Gasteiger partial charge in [0, 0.05) is 42.5 Å². The van der Waals surface area contributed by atoms with Gasteiger partial charge >= 0.3 is 6.03 Å². The van der Waals surface area contributed by atoms with Crippen LogP contribution in [0.5, 0.6) is 0 Å². The normalized spacial score (nSPS) is 14.0. The average molecular weight is 422 g/mol. The fourth-order valence-corrected chi connectivity index (χ4v) is 3.55. The summed E-state index contributed by atoms with van der Waals surface area (Å²) in [5.74, 6) is 0.834. The predicted molar refractivity (Wildman–Crippen MR) is 121 cm³/mol. The first kappa shape index (κ1) is 20.2. The van der Waals surface area contributed by atoms with Crippen molar-refractivity contribution in [3.05, 3.63) is 70.7 Å². The number of urea groups is 1. The molecule has 0 bridgehead atoms. The van der Waals surface area contributed by atoms with E-state index in [1.165, 1.54) is 11.1 Å². The van der Waals surface area contributed by atoms with E-state index in [1.807, 2.05) is 17.0 Å². The quantitative estimate of drug-likeness (QED) is 0.661. The number of halogens is 1. The van der Waals surface area contributed by atoms with Gasteiger partial charge in [-0.3, -0.25) is 0 Å². The molecule has 0 saturated carbocycles. The van der Waals surface area contributed by atoms with Crippen molar-refractivity contribution in [2.24, 2.45) is 0 Å². The van der Waals surface area contributed by atoms with E-state index in [9.17, 15) is 4.79 Å². The van der Waals surface area contributed by atoms with Crippen LogP contribution in [0.4, 0.5) is 16.3 Å². The van der Waals surface area contributed by atoms with Gasteiger partial charge in [0.1, 0.15) is 0 Å². The third kappa shape index (κ3) is 4.54. The molecule has 0 unspecified atom stereocenters. The lowest BCUT2D eigenvalue weighted by Crippen LogP contribution is -2.50. The first-order valence-electron chi connectivity index (χ1n) is 9.97. The van der Waals surface area contributed by atoms with Gasteiger partial charge in [-0.25, -0.2) is 4.79 Å². The number of anilines is 2. The van der Waals surface area contributed by atoms with Crippen molar-refractivity contribution in [2.45, 2.75) is 13.8 Å². The summed E-state index contributed by atoms with van der Waals surface area (Å²) in [6.45, 7) is 6.88. The van der Waals surface area contributed by atoms with E-state index in [0.29, 0.717) is 31.2 Å². The number of nitrogens with zero attached hydrogens (tertiary/aromatic N) is 4. The molecule has 1 fully saturated rings. The maximum Gasteiger partial charge on any atom is 0.321 e. The summed E-state index contributed by atoms with van der Waals surface area (Å²) in [4.78, 5) is 16.4. The van der Waals surface area contributed by atoms with Crippen molar-refractivity contribution < 1.29 is 4.79 Å². The fourth-order valence-electron chi connectivity index (χ4n) is 3.42. The van der Waals surface area contributed by atoms with Crippen molar-refractivity contribution >= 4 is 29.1 Å². The second-order valence-electron chi connectivity index (χ2n) is 7.49. The van der Waals surface area contributed by atoms with E-state index in [4.69, 9.17) is 11.6 Å². The summed E-state index contributed by atoms with van der Waals surface area (Å²) in [5.41, 5.74) is 5.18. The molecule has 2 aromatic carbocycles. The van der Waals surface area contributed by atoms with Crippen molar-refractivity contribution in [1.82, 2.24) is 15.1 Å². The van der Waals surface area contributed by atoms with Gasteiger partial charge in [0.2, 0.25) is 0 Å². The molecule has 1 aliphatic heterocycles. The highest BCUT2D eigenvalue weighted by atomic mass is 35.5. The second kappa shape index (κ2) is 8.71. The van der Waals surface area contributed by atoms with E-state index in [-0.39, 0.29) is 6.03 Å². The van der Waals surface area contributed by atoms with Crippen LogP contribution in [0, 0.1) is 13.8 Å². The molecule has 0 aliphatic carbocycles. The Morgan fingerprint density at radius 2 is 1.63 bits per heavy atom. The van der Waals surface area contributed by atoms with Crippen LogP contribution in [-0.4, -0.2) is 47.3 Å². The maximum atomic E-state index is 12.5. The summed E-state index contributed by atoms with van der Waals surface area (Å²) in [7, 11) is 0. The Kier molecular flexibility index (Phi) is 5.86. The Balaban J connectivity index is 1.35. The van der Waals surface area contributed by atoms with E-state index >= 15 is 0 Å². The van der Waals surface area contributed by atoms with Crippen LogP contribution >= 0.6 is 11.6 Å². The molecule has 1 aliphatic rings. The molecule has 3 aromatic rings. The number of hydrogen-bond donors (Lipinski definition) is 1. The number of benzene rings is 2. The maximum absolute atomic E-state index is 12.5. The number of piperazine rings is 1. The van der Waals surface area contributed by atoms with E-state index in [2.05, 4.69) is 52.5 Å². The Bertz CT molecular complexity index is 1030. The minimum absolute atomic E-state index is 0.104. The van der Waals surface area contributed by atoms with Crippen molar-refractivity contribution in [1.29, 1.82) is 0 Å². The van der Waals surface area contributed by atoms with Crippen LogP contribution in [0.2, 0.25) is 5.02 Å². The van der Waals surface area contributed by atoms with Gasteiger partial charge in [0.25, 0.3) is 0 Å². The number of amides is 2. The van der Waals surface area contributed by atoms with E-state index < -0.39 is 0 Å². The van der Waals surface area contributed by atoms with Crippen molar-refractivity contribution in [3.63, 3.8) is 0 Å². The van der Waals surface area contributed by atoms with Crippen LogP contribution in [-0.2, 0) is 0 Å². The minimum Gasteiger partial charge on any atom is -0.352 e. The van der Waals surface area contributed by atoms with E-state index in [0.717, 1.165) is 22.8 Å². The lowest BCUT2D eigenvalue weighted by molar-refractivity contribution is 0.208. The number of aryl methyl sites for hydroxylation is 2. The van der Waals surface area contributed by atoms with Crippen LogP contribution < -0.4 is 10.2 Å². The second-order valence-corrected chi connectivity index (χ2v) is 7.92. The summed E-state index contributed by atoms with van der Waals surface area (Å²) in [5, 5.41) is 12.4. The standard InChI is InChI=1S/C23H24ClN5O/c1-16-3-4-18(15-17(16)2)21-9-10-22(27-26-21)28-11-13-29(14-12-28)23(30)25-20-7-5-19(24)6-8-20/h3-10,15H,11-14H2,1-2H3,(H,25,30). The largest absolute Gasteiger partial charge is 0.352 e. The van der Waals surface area contributed by atoms with Crippen molar-refractivity contribution in [2.75, 3.05) is 36.4 Å². The van der Waals surface area contributed by atoms with E-state index in [1.54, 1.807) is 24.3 Å². The molecule has 30 heavy (non-hydrogen) atoms. The highest BCUT2D eigenvalue weighted by Gasteiger charge is 2.22. The molecule has 154 valence electrons. The molecule has 6 nitrogen and oxygen atoms in total. The SMILES string of the molecule is Cc1ccc(-c2ccc(N3CCN(C(=O)Nc4ccc(Cl)cc4)CC3)nn2)cc1C. The number of aromatic nitrogens is 2. The molecule has 2 amide bonds. The highest BCUT2D eigenvalue weighted by molar-refractivity contribution is 6.30. The fraction of sp³-hybridized carbons (Fsp3) is 0.261.